The molecular weight excluding hydrogens is 373 g/mol. The second kappa shape index (κ2) is 6.65. The highest BCUT2D eigenvalue weighted by atomic mass is 19.4. The van der Waals surface area contributed by atoms with E-state index in [4.69, 9.17) is 4.74 Å². The number of fused-ring (bicyclic) bond motifs is 1. The number of aromatic nitrogens is 3. The van der Waals surface area contributed by atoms with Crippen molar-refractivity contribution >= 4 is 11.7 Å². The number of Topliss-reactive ketones (excluding diaryl/α,β-unsaturated/α-hetero) is 1. The zero-order valence-electron chi connectivity index (χ0n) is 15.4. The lowest BCUT2D eigenvalue weighted by Crippen LogP contribution is -2.33. The predicted octanol–water partition coefficient (Wildman–Crippen LogP) is 3.96. The number of nitrogens with one attached hydrogen (secondary N) is 1. The van der Waals surface area contributed by atoms with E-state index in [-0.39, 0.29) is 17.6 Å². The molecule has 9 heteroatoms. The van der Waals surface area contributed by atoms with Crippen LogP contribution in [0.1, 0.15) is 44.1 Å². The fourth-order valence-corrected chi connectivity index (χ4v) is 3.81. The second-order valence-electron chi connectivity index (χ2n) is 7.03. The summed E-state index contributed by atoms with van der Waals surface area (Å²) in [5.74, 6) is -0.769. The van der Waals surface area contributed by atoms with Gasteiger partial charge in [-0.05, 0) is 25.3 Å². The van der Waals surface area contributed by atoms with Gasteiger partial charge >= 0.3 is 6.18 Å². The summed E-state index contributed by atoms with van der Waals surface area (Å²) in [5.41, 5.74) is 1.62. The third kappa shape index (κ3) is 3.04. The van der Waals surface area contributed by atoms with Gasteiger partial charge in [-0.15, -0.1) is 5.10 Å². The number of hydrogen-bond acceptors (Lipinski definition) is 5. The van der Waals surface area contributed by atoms with Crippen LogP contribution in [0.25, 0.3) is 0 Å². The summed E-state index contributed by atoms with van der Waals surface area (Å²) < 4.78 is 46.5. The Morgan fingerprint density at radius 1 is 1.29 bits per heavy atom. The average molecular weight is 392 g/mol. The van der Waals surface area contributed by atoms with Crippen molar-refractivity contribution in [3.8, 4) is 5.75 Å². The number of nitrogens with zero attached hydrogens (tertiary/aromatic N) is 3. The van der Waals surface area contributed by atoms with Gasteiger partial charge < -0.3 is 10.1 Å². The van der Waals surface area contributed by atoms with Crippen LogP contribution in [0.15, 0.2) is 35.5 Å². The summed E-state index contributed by atoms with van der Waals surface area (Å²) in [4.78, 5) is 16.5. The van der Waals surface area contributed by atoms with Crippen LogP contribution in [0.5, 0.6) is 5.75 Å². The van der Waals surface area contributed by atoms with E-state index in [0.29, 0.717) is 42.0 Å². The fourth-order valence-electron chi connectivity index (χ4n) is 3.81. The van der Waals surface area contributed by atoms with E-state index in [1.165, 1.54) is 0 Å². The molecule has 2 aliphatic rings. The molecule has 1 aliphatic carbocycles. The topological polar surface area (TPSA) is 69.0 Å². The molecule has 0 saturated heterocycles. The summed E-state index contributed by atoms with van der Waals surface area (Å²) >= 11 is 0. The molecule has 2 atom stereocenters. The number of rotatable bonds is 3. The highest BCUT2D eigenvalue weighted by molar-refractivity contribution is 5.99. The van der Waals surface area contributed by atoms with E-state index in [1.54, 1.807) is 24.3 Å². The van der Waals surface area contributed by atoms with E-state index in [1.807, 2.05) is 13.8 Å². The maximum absolute atomic E-state index is 13.2. The lowest BCUT2D eigenvalue weighted by molar-refractivity contribution is -0.145. The molecule has 0 saturated carbocycles. The molecule has 0 bridgehead atoms. The van der Waals surface area contributed by atoms with Crippen LogP contribution >= 0.6 is 0 Å². The number of ketones is 1. The molecule has 0 radical (unpaired) electrons. The van der Waals surface area contributed by atoms with Gasteiger partial charge in [-0.2, -0.15) is 18.2 Å². The number of halogens is 3. The van der Waals surface area contributed by atoms with Gasteiger partial charge in [0.2, 0.25) is 5.95 Å². The van der Waals surface area contributed by atoms with Gasteiger partial charge in [0.05, 0.1) is 6.61 Å². The number of benzene rings is 1. The van der Waals surface area contributed by atoms with E-state index in [9.17, 15) is 18.0 Å². The van der Waals surface area contributed by atoms with Crippen LogP contribution in [0.3, 0.4) is 0 Å². The Kier molecular flexibility index (Phi) is 4.40. The first kappa shape index (κ1) is 18.5. The highest BCUT2D eigenvalue weighted by Gasteiger charge is 2.43. The van der Waals surface area contributed by atoms with Crippen molar-refractivity contribution in [1.82, 2.24) is 14.8 Å². The maximum Gasteiger partial charge on any atom is 0.453 e. The van der Waals surface area contributed by atoms with Gasteiger partial charge in [0.25, 0.3) is 5.82 Å². The summed E-state index contributed by atoms with van der Waals surface area (Å²) in [6.45, 7) is 4.14. The molecule has 2 heterocycles. The maximum atomic E-state index is 13.2. The number of ether oxygens (including phenoxy) is 1. The molecule has 4 rings (SSSR count). The Morgan fingerprint density at radius 3 is 2.75 bits per heavy atom. The van der Waals surface area contributed by atoms with Crippen LogP contribution in [-0.2, 0) is 11.0 Å². The molecule has 0 fully saturated rings. The van der Waals surface area contributed by atoms with Crippen molar-refractivity contribution < 1.29 is 22.7 Å². The Labute approximate surface area is 159 Å². The van der Waals surface area contributed by atoms with Gasteiger partial charge in [-0.25, -0.2) is 4.68 Å². The van der Waals surface area contributed by atoms with Crippen LogP contribution in [0.2, 0.25) is 0 Å². The molecule has 1 N–H and O–H groups in total. The number of hydrogen-bond donors (Lipinski definition) is 1. The Morgan fingerprint density at radius 2 is 2.04 bits per heavy atom. The van der Waals surface area contributed by atoms with Crippen molar-refractivity contribution in [1.29, 1.82) is 0 Å². The molecule has 0 amide bonds. The molecule has 148 valence electrons. The summed E-state index contributed by atoms with van der Waals surface area (Å²) in [6.07, 6.45) is -3.79. The van der Waals surface area contributed by atoms with Crippen molar-refractivity contribution in [3.63, 3.8) is 0 Å². The molecule has 0 spiro atoms. The summed E-state index contributed by atoms with van der Waals surface area (Å²) in [6, 6.07) is 6.20. The third-order valence-corrected chi connectivity index (χ3v) is 4.89. The van der Waals surface area contributed by atoms with Crippen LogP contribution in [-0.4, -0.2) is 27.2 Å². The minimum atomic E-state index is -4.69. The number of allylic oxidation sites excluding steroid dienone is 2. The SMILES string of the molecule is CCOc1ccccc1[C@@H]1C2=C(C[C@H](C)CC2=O)Nc2nc(C(F)(F)F)nn21. The van der Waals surface area contributed by atoms with Crippen LogP contribution in [0, 0.1) is 5.92 Å². The standard InChI is InChI=1S/C19H19F3N4O2/c1-3-28-14-7-5-4-6-11(14)16-15-12(8-10(2)9-13(15)27)23-18-24-17(19(20,21)22)25-26(16)18/h4-7,10,16H,3,8-9H2,1-2H3,(H,23,24,25)/t10-,16+/m0/s1. The van der Waals surface area contributed by atoms with Crippen molar-refractivity contribution in [2.45, 2.75) is 38.9 Å². The molecule has 1 aromatic heterocycles. The first-order chi connectivity index (χ1) is 13.3. The normalized spacial score (nSPS) is 21.8. The van der Waals surface area contributed by atoms with Gasteiger partial charge in [0, 0.05) is 23.3 Å². The number of carbonyl (C=O) groups excluding carboxylic acids is 1. The first-order valence-electron chi connectivity index (χ1n) is 9.08. The Balaban J connectivity index is 1.93. The molecule has 2 aromatic rings. The van der Waals surface area contributed by atoms with Crippen LogP contribution < -0.4 is 10.1 Å². The highest BCUT2D eigenvalue weighted by Crippen LogP contribution is 2.44. The second-order valence-corrected chi connectivity index (χ2v) is 7.03. The van der Waals surface area contributed by atoms with Crippen molar-refractivity contribution in [3.05, 3.63) is 46.9 Å². The van der Waals surface area contributed by atoms with Crippen LogP contribution in [0.4, 0.5) is 19.1 Å². The zero-order valence-corrected chi connectivity index (χ0v) is 15.4. The van der Waals surface area contributed by atoms with E-state index in [2.05, 4.69) is 15.4 Å². The van der Waals surface area contributed by atoms with Gasteiger partial charge in [-0.1, -0.05) is 25.1 Å². The number of para-hydroxylation sites is 1. The number of anilines is 1. The van der Waals surface area contributed by atoms with Crippen molar-refractivity contribution in [2.24, 2.45) is 5.92 Å². The molecule has 1 aliphatic heterocycles. The smallest absolute Gasteiger partial charge is 0.453 e. The molecule has 6 nitrogen and oxygen atoms in total. The third-order valence-electron chi connectivity index (χ3n) is 4.89. The zero-order chi connectivity index (χ0) is 20.1. The van der Waals surface area contributed by atoms with Gasteiger partial charge in [0.15, 0.2) is 5.78 Å². The molecule has 0 unspecified atom stereocenters. The van der Waals surface area contributed by atoms with Gasteiger partial charge in [-0.3, -0.25) is 4.79 Å². The summed E-state index contributed by atoms with van der Waals surface area (Å²) in [5, 5.41) is 6.61. The van der Waals surface area contributed by atoms with E-state index >= 15 is 0 Å². The largest absolute Gasteiger partial charge is 0.494 e. The monoisotopic (exact) mass is 392 g/mol. The lowest BCUT2D eigenvalue weighted by atomic mass is 9.81. The minimum Gasteiger partial charge on any atom is -0.494 e. The minimum absolute atomic E-state index is 0.0238. The van der Waals surface area contributed by atoms with Crippen molar-refractivity contribution in [2.75, 3.05) is 11.9 Å². The van der Waals surface area contributed by atoms with E-state index < -0.39 is 18.0 Å². The molecule has 28 heavy (non-hydrogen) atoms. The fraction of sp³-hybridized carbons (Fsp3) is 0.421. The average Bonchev–Trinajstić information content (AvgIpc) is 3.05. The Hall–Kier alpha value is -2.84. The first-order valence-corrected chi connectivity index (χ1v) is 9.08. The van der Waals surface area contributed by atoms with Gasteiger partial charge in [0.1, 0.15) is 11.8 Å². The molecule has 1 aromatic carbocycles. The number of alkyl halides is 3. The molecular formula is C19H19F3N4O2. The quantitative estimate of drug-likeness (QED) is 0.856. The Bertz CT molecular complexity index is 964. The number of carbonyl (C=O) groups is 1. The lowest BCUT2D eigenvalue weighted by Gasteiger charge is -2.34. The van der Waals surface area contributed by atoms with E-state index in [0.717, 1.165) is 4.68 Å². The predicted molar refractivity (Wildman–Crippen MR) is 94.8 cm³/mol. The summed E-state index contributed by atoms with van der Waals surface area (Å²) in [7, 11) is 0.